The quantitative estimate of drug-likeness (QED) is 0.848. The summed E-state index contributed by atoms with van der Waals surface area (Å²) in [6, 6.07) is 9.21. The molecule has 2 rings (SSSR count). The van der Waals surface area contributed by atoms with Crippen molar-refractivity contribution in [2.45, 2.75) is 44.2 Å². The van der Waals surface area contributed by atoms with Gasteiger partial charge in [-0.25, -0.2) is 4.79 Å². The number of aldehydes is 1. The van der Waals surface area contributed by atoms with Gasteiger partial charge < -0.3 is 10.1 Å². The fraction of sp³-hybridized carbons (Fsp3) is 0.467. The number of ether oxygens (including phenoxy) is 1. The Balaban J connectivity index is 1.87. The number of carbonyl (C=O) groups is 2. The average Bonchev–Trinajstić information content (AvgIpc) is 2.47. The number of alkyl carbamates (subject to hydrolysis) is 1. The summed E-state index contributed by atoms with van der Waals surface area (Å²) in [6.45, 7) is 0. The van der Waals surface area contributed by atoms with Crippen molar-refractivity contribution in [2.75, 3.05) is 0 Å². The lowest BCUT2D eigenvalue weighted by Crippen LogP contribution is -2.37. The van der Waals surface area contributed by atoms with Gasteiger partial charge in [-0.2, -0.15) is 0 Å². The number of nitrogens with one attached hydrogen (secondary N) is 1. The van der Waals surface area contributed by atoms with Gasteiger partial charge >= 0.3 is 6.09 Å². The molecule has 0 bridgehead atoms. The number of hydrogen-bond acceptors (Lipinski definition) is 3. The molecule has 1 unspecified atom stereocenters. The van der Waals surface area contributed by atoms with E-state index in [9.17, 15) is 9.59 Å². The standard InChI is InChI=1S/C15H19NO3/c17-11-14(12-7-3-1-4-8-12)19-15(18)16-13-9-5-2-6-10-13/h1,3-4,7-8,11,13-14H,2,5-6,9-10H2,(H,16,18). The van der Waals surface area contributed by atoms with Gasteiger partial charge in [0.25, 0.3) is 0 Å². The molecule has 1 N–H and O–H groups in total. The highest BCUT2D eigenvalue weighted by atomic mass is 16.6. The second kappa shape index (κ2) is 6.92. The topological polar surface area (TPSA) is 55.4 Å². The van der Waals surface area contributed by atoms with E-state index in [-0.39, 0.29) is 6.04 Å². The molecule has 1 fully saturated rings. The molecule has 0 aromatic heterocycles. The number of rotatable bonds is 4. The van der Waals surface area contributed by atoms with Gasteiger partial charge in [-0.15, -0.1) is 0 Å². The van der Waals surface area contributed by atoms with Crippen LogP contribution in [-0.2, 0) is 9.53 Å². The Kier molecular flexibility index (Phi) is 4.95. The Bertz CT molecular complexity index is 413. The Morgan fingerprint density at radius 2 is 1.89 bits per heavy atom. The van der Waals surface area contributed by atoms with Crippen molar-refractivity contribution >= 4 is 12.4 Å². The summed E-state index contributed by atoms with van der Waals surface area (Å²) in [5.41, 5.74) is 0.691. The zero-order valence-corrected chi connectivity index (χ0v) is 10.9. The minimum absolute atomic E-state index is 0.185. The van der Waals surface area contributed by atoms with Crippen molar-refractivity contribution in [1.29, 1.82) is 0 Å². The van der Waals surface area contributed by atoms with Crippen LogP contribution in [0.3, 0.4) is 0 Å². The third-order valence-electron chi connectivity index (χ3n) is 3.41. The van der Waals surface area contributed by atoms with E-state index in [0.29, 0.717) is 11.8 Å². The van der Waals surface area contributed by atoms with Crippen LogP contribution in [0.2, 0.25) is 0 Å². The van der Waals surface area contributed by atoms with Crippen LogP contribution in [0.5, 0.6) is 0 Å². The van der Waals surface area contributed by atoms with Crippen molar-refractivity contribution in [3.8, 4) is 0 Å². The average molecular weight is 261 g/mol. The van der Waals surface area contributed by atoms with Crippen molar-refractivity contribution in [3.05, 3.63) is 35.9 Å². The van der Waals surface area contributed by atoms with Gasteiger partial charge in [-0.3, -0.25) is 4.79 Å². The Morgan fingerprint density at radius 3 is 2.53 bits per heavy atom. The van der Waals surface area contributed by atoms with E-state index in [1.54, 1.807) is 12.1 Å². The van der Waals surface area contributed by atoms with Crippen LogP contribution in [0.1, 0.15) is 43.8 Å². The summed E-state index contributed by atoms with van der Waals surface area (Å²) >= 11 is 0. The molecule has 1 aliphatic rings. The van der Waals surface area contributed by atoms with Gasteiger partial charge in [0, 0.05) is 6.04 Å². The predicted octanol–water partition coefficient (Wildman–Crippen LogP) is 2.99. The highest BCUT2D eigenvalue weighted by Crippen LogP contribution is 2.19. The summed E-state index contributed by atoms with van der Waals surface area (Å²) in [6.07, 6.45) is 4.81. The van der Waals surface area contributed by atoms with Crippen LogP contribution in [0.15, 0.2) is 30.3 Å². The first kappa shape index (κ1) is 13.6. The SMILES string of the molecule is O=CC(OC(=O)NC1CCCCC1)c1ccccc1. The van der Waals surface area contributed by atoms with E-state index >= 15 is 0 Å². The van der Waals surface area contributed by atoms with E-state index in [0.717, 1.165) is 25.7 Å². The molecule has 1 aromatic carbocycles. The third kappa shape index (κ3) is 4.09. The van der Waals surface area contributed by atoms with Crippen LogP contribution in [0.25, 0.3) is 0 Å². The largest absolute Gasteiger partial charge is 0.434 e. The number of amides is 1. The molecule has 4 nitrogen and oxygen atoms in total. The Labute approximate surface area is 113 Å². The highest BCUT2D eigenvalue weighted by molar-refractivity contribution is 5.72. The number of carbonyl (C=O) groups excluding carboxylic acids is 2. The summed E-state index contributed by atoms with van der Waals surface area (Å²) in [5.74, 6) is 0. The van der Waals surface area contributed by atoms with Gasteiger partial charge in [0.15, 0.2) is 12.4 Å². The molecule has 0 heterocycles. The molecule has 19 heavy (non-hydrogen) atoms. The van der Waals surface area contributed by atoms with E-state index < -0.39 is 12.2 Å². The maximum absolute atomic E-state index is 11.8. The molecule has 1 aromatic rings. The normalized spacial score (nSPS) is 17.5. The minimum atomic E-state index is -0.829. The summed E-state index contributed by atoms with van der Waals surface area (Å²) in [4.78, 5) is 22.8. The fourth-order valence-electron chi connectivity index (χ4n) is 2.38. The maximum atomic E-state index is 11.8. The maximum Gasteiger partial charge on any atom is 0.408 e. The van der Waals surface area contributed by atoms with Gasteiger partial charge in [-0.1, -0.05) is 49.6 Å². The van der Waals surface area contributed by atoms with Crippen LogP contribution in [0.4, 0.5) is 4.79 Å². The molecular weight excluding hydrogens is 242 g/mol. The van der Waals surface area contributed by atoms with Crippen molar-refractivity contribution in [3.63, 3.8) is 0 Å². The van der Waals surface area contributed by atoms with Gasteiger partial charge in [0.1, 0.15) is 0 Å². The molecule has 4 heteroatoms. The zero-order chi connectivity index (χ0) is 13.5. The third-order valence-corrected chi connectivity index (χ3v) is 3.41. The van der Waals surface area contributed by atoms with Gasteiger partial charge in [0.2, 0.25) is 0 Å². The van der Waals surface area contributed by atoms with Crippen molar-refractivity contribution < 1.29 is 14.3 Å². The Hall–Kier alpha value is -1.84. The monoisotopic (exact) mass is 261 g/mol. The first-order valence-corrected chi connectivity index (χ1v) is 6.77. The zero-order valence-electron chi connectivity index (χ0n) is 10.9. The first-order chi connectivity index (χ1) is 9.29. The molecule has 0 saturated heterocycles. The number of benzene rings is 1. The molecule has 0 radical (unpaired) electrons. The molecular formula is C15H19NO3. The van der Waals surface area contributed by atoms with E-state index in [1.165, 1.54) is 6.42 Å². The lowest BCUT2D eigenvalue weighted by Gasteiger charge is -2.23. The minimum Gasteiger partial charge on any atom is -0.434 e. The van der Waals surface area contributed by atoms with E-state index in [4.69, 9.17) is 4.74 Å². The Morgan fingerprint density at radius 1 is 1.21 bits per heavy atom. The highest BCUT2D eigenvalue weighted by Gasteiger charge is 2.20. The smallest absolute Gasteiger partial charge is 0.408 e. The molecule has 1 aliphatic carbocycles. The molecule has 102 valence electrons. The van der Waals surface area contributed by atoms with E-state index in [1.807, 2.05) is 18.2 Å². The van der Waals surface area contributed by atoms with Crippen molar-refractivity contribution in [2.24, 2.45) is 0 Å². The summed E-state index contributed by atoms with van der Waals surface area (Å²) in [7, 11) is 0. The molecule has 1 atom stereocenters. The summed E-state index contributed by atoms with van der Waals surface area (Å²) in [5, 5.41) is 2.83. The van der Waals surface area contributed by atoms with Crippen LogP contribution in [0, 0.1) is 0 Å². The number of hydrogen-bond donors (Lipinski definition) is 1. The second-order valence-corrected chi connectivity index (χ2v) is 4.85. The van der Waals surface area contributed by atoms with Gasteiger partial charge in [0.05, 0.1) is 0 Å². The second-order valence-electron chi connectivity index (χ2n) is 4.85. The van der Waals surface area contributed by atoms with Crippen LogP contribution < -0.4 is 5.32 Å². The lowest BCUT2D eigenvalue weighted by molar-refractivity contribution is -0.115. The summed E-state index contributed by atoms with van der Waals surface area (Å²) < 4.78 is 5.17. The van der Waals surface area contributed by atoms with E-state index in [2.05, 4.69) is 5.32 Å². The molecule has 1 saturated carbocycles. The van der Waals surface area contributed by atoms with Crippen molar-refractivity contribution in [1.82, 2.24) is 5.32 Å². The molecule has 0 aliphatic heterocycles. The van der Waals surface area contributed by atoms with Crippen LogP contribution in [-0.4, -0.2) is 18.4 Å². The van der Waals surface area contributed by atoms with Crippen LogP contribution >= 0.6 is 0 Å². The fourth-order valence-corrected chi connectivity index (χ4v) is 2.38. The lowest BCUT2D eigenvalue weighted by atomic mass is 9.96. The first-order valence-electron chi connectivity index (χ1n) is 6.77. The predicted molar refractivity (Wildman–Crippen MR) is 71.7 cm³/mol. The van der Waals surface area contributed by atoms with Gasteiger partial charge in [-0.05, 0) is 18.4 Å². The molecule has 0 spiro atoms. The molecule has 1 amide bonds.